The van der Waals surface area contributed by atoms with Crippen molar-refractivity contribution in [2.45, 2.75) is 26.1 Å². The summed E-state index contributed by atoms with van der Waals surface area (Å²) in [4.78, 5) is 28.1. The molecule has 2 heterocycles. The number of aromatic nitrogens is 1. The number of halogens is 1. The number of ether oxygens (including phenoxy) is 2. The first-order valence-electron chi connectivity index (χ1n) is 9.39. The number of carbonyl (C=O) groups excluding carboxylic acids is 2. The standard InChI is InChI=1S/C23H19ClN2O4/c1-13-20(29-12-14-2-4-15(5-3-14)23(25)28)9-7-17-19(27)10-21(30-22(13)17)18-8-6-16(24)11-26-18/h2-9,11,21H,10,12H2,1H3,(H2,25,28). The minimum Gasteiger partial charge on any atom is -0.488 e. The van der Waals surface area contributed by atoms with E-state index < -0.39 is 12.0 Å². The molecule has 1 amide bonds. The average Bonchev–Trinajstić information content (AvgIpc) is 2.74. The zero-order chi connectivity index (χ0) is 21.3. The van der Waals surface area contributed by atoms with Gasteiger partial charge in [0.2, 0.25) is 5.91 Å². The smallest absolute Gasteiger partial charge is 0.248 e. The first-order chi connectivity index (χ1) is 14.4. The maximum Gasteiger partial charge on any atom is 0.248 e. The number of hydrogen-bond donors (Lipinski definition) is 1. The third kappa shape index (κ3) is 4.00. The number of hydrogen-bond acceptors (Lipinski definition) is 5. The fraction of sp³-hybridized carbons (Fsp3) is 0.174. The van der Waals surface area contributed by atoms with Gasteiger partial charge in [-0.05, 0) is 48.9 Å². The van der Waals surface area contributed by atoms with Crippen LogP contribution in [-0.4, -0.2) is 16.7 Å². The Morgan fingerprint density at radius 1 is 1.20 bits per heavy atom. The Balaban J connectivity index is 1.54. The zero-order valence-electron chi connectivity index (χ0n) is 16.2. The first-order valence-corrected chi connectivity index (χ1v) is 9.76. The normalized spacial score (nSPS) is 15.3. The van der Waals surface area contributed by atoms with E-state index in [4.69, 9.17) is 26.8 Å². The van der Waals surface area contributed by atoms with Crippen LogP contribution < -0.4 is 15.2 Å². The Kier molecular flexibility index (Phi) is 5.42. The number of fused-ring (bicyclic) bond motifs is 1. The summed E-state index contributed by atoms with van der Waals surface area (Å²) in [5.41, 5.74) is 8.52. The molecule has 0 saturated carbocycles. The molecule has 152 valence electrons. The van der Waals surface area contributed by atoms with Gasteiger partial charge in [-0.2, -0.15) is 0 Å². The Morgan fingerprint density at radius 2 is 1.97 bits per heavy atom. The van der Waals surface area contributed by atoms with E-state index in [1.807, 2.05) is 6.92 Å². The molecule has 7 heteroatoms. The molecule has 30 heavy (non-hydrogen) atoms. The Labute approximate surface area is 178 Å². The Morgan fingerprint density at radius 3 is 2.63 bits per heavy atom. The van der Waals surface area contributed by atoms with Gasteiger partial charge in [0.05, 0.1) is 22.7 Å². The van der Waals surface area contributed by atoms with Crippen molar-refractivity contribution in [1.82, 2.24) is 4.98 Å². The summed E-state index contributed by atoms with van der Waals surface area (Å²) < 4.78 is 12.1. The predicted molar refractivity (Wildman–Crippen MR) is 112 cm³/mol. The number of benzene rings is 2. The quantitative estimate of drug-likeness (QED) is 0.656. The molecular weight excluding hydrogens is 404 g/mol. The van der Waals surface area contributed by atoms with E-state index in [0.29, 0.717) is 39.9 Å². The molecule has 1 unspecified atom stereocenters. The third-order valence-electron chi connectivity index (χ3n) is 5.00. The molecule has 0 saturated heterocycles. The molecule has 6 nitrogen and oxygen atoms in total. The number of pyridine rings is 1. The van der Waals surface area contributed by atoms with Gasteiger partial charge in [-0.25, -0.2) is 0 Å². The van der Waals surface area contributed by atoms with Crippen molar-refractivity contribution in [2.75, 3.05) is 0 Å². The van der Waals surface area contributed by atoms with Gasteiger partial charge in [-0.1, -0.05) is 23.7 Å². The third-order valence-corrected chi connectivity index (χ3v) is 5.22. The molecule has 0 fully saturated rings. The van der Waals surface area contributed by atoms with Crippen LogP contribution in [0.2, 0.25) is 5.02 Å². The Hall–Kier alpha value is -3.38. The van der Waals surface area contributed by atoms with Crippen LogP contribution in [0.5, 0.6) is 11.5 Å². The van der Waals surface area contributed by atoms with Crippen molar-refractivity contribution in [3.8, 4) is 11.5 Å². The summed E-state index contributed by atoms with van der Waals surface area (Å²) >= 11 is 5.91. The van der Waals surface area contributed by atoms with Crippen LogP contribution in [0.4, 0.5) is 0 Å². The van der Waals surface area contributed by atoms with Crippen LogP contribution in [0, 0.1) is 6.92 Å². The van der Waals surface area contributed by atoms with Crippen LogP contribution >= 0.6 is 11.6 Å². The lowest BCUT2D eigenvalue weighted by atomic mass is 9.96. The Bertz CT molecular complexity index is 1110. The topological polar surface area (TPSA) is 91.5 Å². The molecule has 4 rings (SSSR count). The molecule has 0 radical (unpaired) electrons. The summed E-state index contributed by atoms with van der Waals surface area (Å²) in [5, 5.41) is 0.525. The monoisotopic (exact) mass is 422 g/mol. The van der Waals surface area contributed by atoms with Gasteiger partial charge in [0.15, 0.2) is 5.78 Å². The number of amides is 1. The first kappa shape index (κ1) is 19.9. The molecule has 2 N–H and O–H groups in total. The van der Waals surface area contributed by atoms with E-state index in [9.17, 15) is 9.59 Å². The molecule has 1 aliphatic rings. The van der Waals surface area contributed by atoms with Crippen molar-refractivity contribution in [3.05, 3.63) is 87.7 Å². The summed E-state index contributed by atoms with van der Waals surface area (Å²) in [6.07, 6.45) is 1.28. The fourth-order valence-electron chi connectivity index (χ4n) is 3.33. The number of rotatable bonds is 5. The fourth-order valence-corrected chi connectivity index (χ4v) is 3.44. The second kappa shape index (κ2) is 8.16. The minimum atomic E-state index is -0.474. The van der Waals surface area contributed by atoms with E-state index in [0.717, 1.165) is 11.1 Å². The van der Waals surface area contributed by atoms with Gasteiger partial charge in [0, 0.05) is 17.3 Å². The van der Waals surface area contributed by atoms with Crippen LogP contribution in [0.25, 0.3) is 0 Å². The van der Waals surface area contributed by atoms with Gasteiger partial charge in [-0.15, -0.1) is 0 Å². The highest BCUT2D eigenvalue weighted by atomic mass is 35.5. The second-order valence-corrected chi connectivity index (χ2v) is 7.49. The molecule has 1 aromatic heterocycles. The van der Waals surface area contributed by atoms with E-state index in [2.05, 4.69) is 4.98 Å². The number of ketones is 1. The lowest BCUT2D eigenvalue weighted by Gasteiger charge is -2.27. The SMILES string of the molecule is Cc1c(OCc2ccc(C(N)=O)cc2)ccc2c1OC(c1ccc(Cl)cn1)CC2=O. The highest BCUT2D eigenvalue weighted by Crippen LogP contribution is 2.40. The molecule has 1 atom stereocenters. The van der Waals surface area contributed by atoms with Gasteiger partial charge in [0.1, 0.15) is 24.2 Å². The lowest BCUT2D eigenvalue weighted by molar-refractivity contribution is 0.0841. The zero-order valence-corrected chi connectivity index (χ0v) is 17.0. The largest absolute Gasteiger partial charge is 0.488 e. The van der Waals surface area contributed by atoms with Crippen molar-refractivity contribution in [3.63, 3.8) is 0 Å². The molecule has 0 bridgehead atoms. The molecule has 3 aromatic rings. The van der Waals surface area contributed by atoms with Crippen molar-refractivity contribution in [1.29, 1.82) is 0 Å². The van der Waals surface area contributed by atoms with Gasteiger partial charge < -0.3 is 15.2 Å². The van der Waals surface area contributed by atoms with Crippen LogP contribution in [0.15, 0.2) is 54.7 Å². The van der Waals surface area contributed by atoms with E-state index in [1.165, 1.54) is 6.20 Å². The number of primary amides is 1. The number of carbonyl (C=O) groups is 2. The summed E-state index contributed by atoms with van der Waals surface area (Å²) in [6, 6.07) is 13.9. The minimum absolute atomic E-state index is 0.00492. The van der Waals surface area contributed by atoms with Crippen LogP contribution in [0.1, 0.15) is 50.1 Å². The van der Waals surface area contributed by atoms with Gasteiger partial charge in [0.25, 0.3) is 0 Å². The molecule has 1 aliphatic heterocycles. The summed E-state index contributed by atoms with van der Waals surface area (Å²) in [5.74, 6) is 0.647. The van der Waals surface area contributed by atoms with Crippen molar-refractivity contribution < 1.29 is 19.1 Å². The van der Waals surface area contributed by atoms with Crippen LogP contribution in [0.3, 0.4) is 0 Å². The lowest BCUT2D eigenvalue weighted by Crippen LogP contribution is -2.22. The average molecular weight is 423 g/mol. The second-order valence-electron chi connectivity index (χ2n) is 7.05. The summed E-state index contributed by atoms with van der Waals surface area (Å²) in [6.45, 7) is 2.16. The van der Waals surface area contributed by atoms with E-state index in [1.54, 1.807) is 48.5 Å². The number of Topliss-reactive ketones (excluding diaryl/α,β-unsaturated/α-hetero) is 1. The number of nitrogens with zero attached hydrogens (tertiary/aromatic N) is 1. The number of nitrogens with two attached hydrogens (primary N) is 1. The van der Waals surface area contributed by atoms with Gasteiger partial charge in [-0.3, -0.25) is 14.6 Å². The highest BCUT2D eigenvalue weighted by Gasteiger charge is 2.30. The molecule has 0 aliphatic carbocycles. The molecular formula is C23H19ClN2O4. The molecule has 0 spiro atoms. The van der Waals surface area contributed by atoms with Gasteiger partial charge >= 0.3 is 0 Å². The van der Waals surface area contributed by atoms with Crippen molar-refractivity contribution in [2.24, 2.45) is 5.73 Å². The maximum absolute atomic E-state index is 12.7. The van der Waals surface area contributed by atoms with Crippen molar-refractivity contribution >= 4 is 23.3 Å². The predicted octanol–water partition coefficient (Wildman–Crippen LogP) is 4.43. The maximum atomic E-state index is 12.7. The highest BCUT2D eigenvalue weighted by molar-refractivity contribution is 6.30. The van der Waals surface area contributed by atoms with E-state index in [-0.39, 0.29) is 12.2 Å². The summed E-state index contributed by atoms with van der Waals surface area (Å²) in [7, 11) is 0. The van der Waals surface area contributed by atoms with E-state index >= 15 is 0 Å². The van der Waals surface area contributed by atoms with Crippen LogP contribution in [-0.2, 0) is 6.61 Å². The molecule has 2 aromatic carbocycles.